The maximum atomic E-state index is 12.1. The summed E-state index contributed by atoms with van der Waals surface area (Å²) in [6.45, 7) is 0.458. The Bertz CT molecular complexity index is 1060. The highest BCUT2D eigenvalue weighted by atomic mass is 32.2. The van der Waals surface area contributed by atoms with Gasteiger partial charge in [-0.2, -0.15) is 5.26 Å². The van der Waals surface area contributed by atoms with Gasteiger partial charge in [0.2, 0.25) is 5.13 Å². The molecule has 0 aliphatic carbocycles. The quantitative estimate of drug-likeness (QED) is 0.659. The number of nitrogens with one attached hydrogen (secondary N) is 1. The standard InChI is InChI=1S/C14H12N6O3S2/c1-19-10(21)9(6-15)11(20(2)14(19)22)24-13-18-17-12(25-13)16-7-8-4-3-5-23-8/h3-5H,7H2,1-2H3,(H,16,17). The SMILES string of the molecule is Cn1c(Sc2nnc(NCc3ccco3)s2)c(C#N)c(=O)n(C)c1=O. The molecule has 9 nitrogen and oxygen atoms in total. The topological polar surface area (TPSA) is 119 Å². The number of anilines is 1. The third-order valence-corrected chi connectivity index (χ3v) is 5.41. The van der Waals surface area contributed by atoms with Crippen LogP contribution >= 0.6 is 23.1 Å². The Hall–Kier alpha value is -2.84. The molecule has 0 radical (unpaired) electrons. The lowest BCUT2D eigenvalue weighted by atomic mass is 10.3. The zero-order valence-electron chi connectivity index (χ0n) is 13.2. The van der Waals surface area contributed by atoms with Crippen LogP contribution < -0.4 is 16.6 Å². The molecule has 0 aromatic carbocycles. The molecular formula is C14H12N6O3S2. The monoisotopic (exact) mass is 376 g/mol. The van der Waals surface area contributed by atoms with Crippen LogP contribution in [-0.2, 0) is 20.6 Å². The third kappa shape index (κ3) is 3.35. The largest absolute Gasteiger partial charge is 0.467 e. The number of furan rings is 1. The van der Waals surface area contributed by atoms with Gasteiger partial charge in [-0.3, -0.25) is 13.9 Å². The smallest absolute Gasteiger partial charge is 0.331 e. The lowest BCUT2D eigenvalue weighted by molar-refractivity contribution is 0.518. The lowest BCUT2D eigenvalue weighted by Gasteiger charge is -2.09. The first-order valence-corrected chi connectivity index (χ1v) is 8.62. The fourth-order valence-electron chi connectivity index (χ4n) is 2.02. The van der Waals surface area contributed by atoms with E-state index in [1.807, 2.05) is 12.1 Å². The maximum absolute atomic E-state index is 12.1. The molecule has 1 N–H and O–H groups in total. The number of nitriles is 1. The highest BCUT2D eigenvalue weighted by Crippen LogP contribution is 2.32. The Morgan fingerprint density at radius 1 is 1.36 bits per heavy atom. The summed E-state index contributed by atoms with van der Waals surface area (Å²) in [7, 11) is 2.84. The van der Waals surface area contributed by atoms with Gasteiger partial charge in [-0.15, -0.1) is 10.2 Å². The molecule has 0 saturated carbocycles. The van der Waals surface area contributed by atoms with Crippen LogP contribution in [0.1, 0.15) is 11.3 Å². The Labute approximate surface area is 149 Å². The molecule has 3 aromatic rings. The van der Waals surface area contributed by atoms with Gasteiger partial charge < -0.3 is 9.73 Å². The van der Waals surface area contributed by atoms with Crippen molar-refractivity contribution in [2.75, 3.05) is 5.32 Å². The lowest BCUT2D eigenvalue weighted by Crippen LogP contribution is -2.39. The van der Waals surface area contributed by atoms with Crippen LogP contribution in [0.5, 0.6) is 0 Å². The van der Waals surface area contributed by atoms with Crippen molar-refractivity contribution in [1.29, 1.82) is 5.26 Å². The van der Waals surface area contributed by atoms with E-state index in [0.717, 1.165) is 22.1 Å². The van der Waals surface area contributed by atoms with E-state index < -0.39 is 11.2 Å². The Morgan fingerprint density at radius 2 is 2.16 bits per heavy atom. The van der Waals surface area contributed by atoms with Gasteiger partial charge in [-0.25, -0.2) is 4.79 Å². The molecule has 0 spiro atoms. The van der Waals surface area contributed by atoms with Crippen LogP contribution in [0.25, 0.3) is 0 Å². The second-order valence-electron chi connectivity index (χ2n) is 4.91. The van der Waals surface area contributed by atoms with Crippen molar-refractivity contribution < 1.29 is 4.42 Å². The van der Waals surface area contributed by atoms with Crippen molar-refractivity contribution in [2.45, 2.75) is 15.9 Å². The van der Waals surface area contributed by atoms with Crippen molar-refractivity contribution in [2.24, 2.45) is 14.1 Å². The van der Waals surface area contributed by atoms with E-state index >= 15 is 0 Å². The first-order chi connectivity index (χ1) is 12.0. The molecule has 3 aromatic heterocycles. The minimum atomic E-state index is -0.631. The average molecular weight is 376 g/mol. The minimum absolute atomic E-state index is 0.102. The van der Waals surface area contributed by atoms with Crippen molar-refractivity contribution in [3.8, 4) is 6.07 Å². The van der Waals surface area contributed by atoms with Gasteiger partial charge in [-0.05, 0) is 23.9 Å². The second kappa shape index (κ2) is 6.96. The number of aromatic nitrogens is 4. The van der Waals surface area contributed by atoms with E-state index in [1.165, 1.54) is 30.0 Å². The summed E-state index contributed by atoms with van der Waals surface area (Å²) in [5, 5.41) is 21.1. The summed E-state index contributed by atoms with van der Waals surface area (Å²) in [5.41, 5.74) is -1.24. The molecule has 0 amide bonds. The predicted molar refractivity (Wildman–Crippen MR) is 91.7 cm³/mol. The molecule has 0 bridgehead atoms. The first kappa shape index (κ1) is 17.0. The van der Waals surface area contributed by atoms with E-state index in [0.29, 0.717) is 16.0 Å². The van der Waals surface area contributed by atoms with Crippen molar-refractivity contribution >= 4 is 28.2 Å². The average Bonchev–Trinajstić information content (AvgIpc) is 3.28. The molecule has 128 valence electrons. The van der Waals surface area contributed by atoms with Crippen molar-refractivity contribution in [3.05, 3.63) is 50.6 Å². The molecule has 3 heterocycles. The zero-order chi connectivity index (χ0) is 18.0. The van der Waals surface area contributed by atoms with E-state index in [4.69, 9.17) is 4.42 Å². The van der Waals surface area contributed by atoms with Crippen molar-refractivity contribution in [1.82, 2.24) is 19.3 Å². The molecule has 25 heavy (non-hydrogen) atoms. The van der Waals surface area contributed by atoms with E-state index in [9.17, 15) is 14.9 Å². The van der Waals surface area contributed by atoms with Crippen LogP contribution in [0, 0.1) is 11.3 Å². The molecule has 0 aliphatic rings. The summed E-state index contributed by atoms with van der Waals surface area (Å²) >= 11 is 2.30. The summed E-state index contributed by atoms with van der Waals surface area (Å²) in [6.07, 6.45) is 1.58. The highest BCUT2D eigenvalue weighted by Gasteiger charge is 2.18. The molecule has 0 saturated heterocycles. The summed E-state index contributed by atoms with van der Waals surface area (Å²) in [6, 6.07) is 5.48. The number of hydrogen-bond donors (Lipinski definition) is 1. The van der Waals surface area contributed by atoms with Gasteiger partial charge in [0.05, 0.1) is 12.8 Å². The van der Waals surface area contributed by atoms with Gasteiger partial charge in [-0.1, -0.05) is 11.3 Å². The normalized spacial score (nSPS) is 10.6. The van der Waals surface area contributed by atoms with E-state index in [2.05, 4.69) is 15.5 Å². The molecule has 0 aliphatic heterocycles. The van der Waals surface area contributed by atoms with Crippen LogP contribution in [-0.4, -0.2) is 19.3 Å². The van der Waals surface area contributed by atoms with Gasteiger partial charge in [0.15, 0.2) is 4.34 Å². The van der Waals surface area contributed by atoms with Crippen LogP contribution in [0.2, 0.25) is 0 Å². The predicted octanol–water partition coefficient (Wildman–Crippen LogP) is 1.16. The minimum Gasteiger partial charge on any atom is -0.467 e. The zero-order valence-corrected chi connectivity index (χ0v) is 14.8. The van der Waals surface area contributed by atoms with Gasteiger partial charge in [0.1, 0.15) is 22.4 Å². The van der Waals surface area contributed by atoms with Gasteiger partial charge in [0.25, 0.3) is 5.56 Å². The fraction of sp³-hybridized carbons (Fsp3) is 0.214. The maximum Gasteiger partial charge on any atom is 0.331 e. The third-order valence-electron chi connectivity index (χ3n) is 3.31. The molecule has 11 heteroatoms. The Balaban J connectivity index is 1.85. The number of nitrogens with zero attached hydrogens (tertiary/aromatic N) is 5. The van der Waals surface area contributed by atoms with Crippen LogP contribution in [0.3, 0.4) is 0 Å². The summed E-state index contributed by atoms with van der Waals surface area (Å²) in [5.74, 6) is 0.755. The van der Waals surface area contributed by atoms with Gasteiger partial charge in [0, 0.05) is 14.1 Å². The fourth-order valence-corrected chi connectivity index (χ4v) is 3.83. The first-order valence-electron chi connectivity index (χ1n) is 6.99. The summed E-state index contributed by atoms with van der Waals surface area (Å²) in [4.78, 5) is 24.1. The van der Waals surface area contributed by atoms with E-state index in [1.54, 1.807) is 12.3 Å². The number of hydrogen-bond acceptors (Lipinski definition) is 9. The summed E-state index contributed by atoms with van der Waals surface area (Å²) < 4.78 is 7.87. The van der Waals surface area contributed by atoms with Crippen LogP contribution in [0.4, 0.5) is 5.13 Å². The molecule has 3 rings (SSSR count). The molecule has 0 unspecified atom stereocenters. The Kier molecular flexibility index (Phi) is 4.73. The number of rotatable bonds is 5. The molecule has 0 atom stereocenters. The molecule has 0 fully saturated rings. The second-order valence-corrected chi connectivity index (χ2v) is 7.12. The van der Waals surface area contributed by atoms with Crippen molar-refractivity contribution in [3.63, 3.8) is 0 Å². The Morgan fingerprint density at radius 3 is 2.84 bits per heavy atom. The van der Waals surface area contributed by atoms with E-state index in [-0.39, 0.29) is 10.6 Å². The van der Waals surface area contributed by atoms with Crippen LogP contribution in [0.15, 0.2) is 41.8 Å². The van der Waals surface area contributed by atoms with Gasteiger partial charge >= 0.3 is 5.69 Å². The molecular weight excluding hydrogens is 364 g/mol. The highest BCUT2D eigenvalue weighted by molar-refractivity contribution is 8.01.